The molecule has 2 fully saturated rings. The molecule has 4 heterocycles. The summed E-state index contributed by atoms with van der Waals surface area (Å²) in [7, 11) is 0.856. The van der Waals surface area contributed by atoms with Gasteiger partial charge in [-0.3, -0.25) is 0 Å². The third kappa shape index (κ3) is 3.76. The predicted octanol–water partition coefficient (Wildman–Crippen LogP) is 2.99. The van der Waals surface area contributed by atoms with E-state index in [1.807, 2.05) is 24.4 Å². The van der Waals surface area contributed by atoms with E-state index < -0.39 is 9.84 Å². The molecule has 6 rings (SSSR count). The molecule has 178 valence electrons. The molecule has 0 bridgehead atoms. The van der Waals surface area contributed by atoms with Gasteiger partial charge in [-0.1, -0.05) is 0 Å². The zero-order valence-corrected chi connectivity index (χ0v) is 20.3. The van der Waals surface area contributed by atoms with Gasteiger partial charge in [0.25, 0.3) is 0 Å². The molecule has 2 aromatic carbocycles. The number of aromatic nitrogens is 2. The van der Waals surface area contributed by atoms with Gasteiger partial charge in [-0.05, 0) is 67.3 Å². The topological polar surface area (TPSA) is 87.7 Å². The summed E-state index contributed by atoms with van der Waals surface area (Å²) in [5.41, 5.74) is 5.30. The number of methoxy groups -OCH3 is 1. The maximum atomic E-state index is 12.3. The molecule has 3 aliphatic heterocycles. The fourth-order valence-electron chi connectivity index (χ4n) is 5.59. The average Bonchev–Trinajstić information content (AvgIpc) is 3.38. The molecule has 2 unspecified atom stereocenters. The summed E-state index contributed by atoms with van der Waals surface area (Å²) in [6, 6.07) is 10.3. The molecule has 8 nitrogen and oxygen atoms in total. The molecule has 0 aliphatic carbocycles. The first-order valence-corrected chi connectivity index (χ1v) is 13.5. The third-order valence-electron chi connectivity index (χ3n) is 7.52. The zero-order valence-electron chi connectivity index (χ0n) is 19.5. The second-order valence-electron chi connectivity index (χ2n) is 9.73. The minimum atomic E-state index is -2.96. The summed E-state index contributed by atoms with van der Waals surface area (Å²) in [5.74, 6) is 1.86. The van der Waals surface area contributed by atoms with Gasteiger partial charge in [0.1, 0.15) is 5.75 Å². The van der Waals surface area contributed by atoms with Gasteiger partial charge < -0.3 is 19.9 Å². The molecule has 3 aromatic rings. The Bertz CT molecular complexity index is 1380. The van der Waals surface area contributed by atoms with Crippen LogP contribution < -0.4 is 15.0 Å². The molecule has 0 spiro atoms. The van der Waals surface area contributed by atoms with Crippen LogP contribution in [0.25, 0.3) is 10.9 Å². The van der Waals surface area contributed by atoms with Crippen LogP contribution in [0.3, 0.4) is 0 Å². The highest BCUT2D eigenvalue weighted by atomic mass is 32.2. The van der Waals surface area contributed by atoms with Crippen molar-refractivity contribution in [2.45, 2.75) is 24.6 Å². The van der Waals surface area contributed by atoms with Gasteiger partial charge in [-0.2, -0.15) is 0 Å². The Morgan fingerprint density at radius 2 is 2.03 bits per heavy atom. The Labute approximate surface area is 199 Å². The lowest BCUT2D eigenvalue weighted by molar-refractivity contribution is 0.312. The molecule has 0 amide bonds. The van der Waals surface area contributed by atoms with E-state index >= 15 is 0 Å². The number of fused-ring (bicyclic) bond motifs is 3. The number of ether oxygens (including phenoxy) is 1. The van der Waals surface area contributed by atoms with Gasteiger partial charge >= 0.3 is 0 Å². The smallest absolute Gasteiger partial charge is 0.227 e. The monoisotopic (exact) mass is 479 g/mol. The van der Waals surface area contributed by atoms with Crippen molar-refractivity contribution in [3.63, 3.8) is 0 Å². The third-order valence-corrected chi connectivity index (χ3v) is 9.78. The summed E-state index contributed by atoms with van der Waals surface area (Å²) in [5, 5.41) is 4.06. The molecule has 34 heavy (non-hydrogen) atoms. The van der Waals surface area contributed by atoms with E-state index in [1.165, 1.54) is 11.1 Å². The van der Waals surface area contributed by atoms with Crippen molar-refractivity contribution in [2.75, 3.05) is 49.8 Å². The number of benzene rings is 2. The lowest BCUT2D eigenvalue weighted by Gasteiger charge is -2.26. The summed E-state index contributed by atoms with van der Waals surface area (Å²) < 4.78 is 30.3. The van der Waals surface area contributed by atoms with Gasteiger partial charge in [0, 0.05) is 43.4 Å². The fraction of sp³-hybridized carbons (Fsp3) is 0.440. The molecule has 0 saturated carbocycles. The van der Waals surface area contributed by atoms with Crippen LogP contribution in [-0.2, 0) is 22.8 Å². The van der Waals surface area contributed by atoms with E-state index in [4.69, 9.17) is 9.72 Å². The van der Waals surface area contributed by atoms with Crippen molar-refractivity contribution in [1.29, 1.82) is 0 Å². The summed E-state index contributed by atoms with van der Waals surface area (Å²) in [6.07, 6.45) is 3.60. The second-order valence-corrected chi connectivity index (χ2v) is 12.1. The van der Waals surface area contributed by atoms with Crippen LogP contribution in [0.5, 0.6) is 5.75 Å². The summed E-state index contributed by atoms with van der Waals surface area (Å²) >= 11 is 0. The summed E-state index contributed by atoms with van der Waals surface area (Å²) in [6.45, 7) is 3.30. The highest BCUT2D eigenvalue weighted by Crippen LogP contribution is 2.37. The number of hydrogen-bond donors (Lipinski definition) is 1. The van der Waals surface area contributed by atoms with E-state index in [-0.39, 0.29) is 11.2 Å². The number of sulfone groups is 1. The summed E-state index contributed by atoms with van der Waals surface area (Å²) in [4.78, 5) is 13.8. The predicted molar refractivity (Wildman–Crippen MR) is 134 cm³/mol. The molecular weight excluding hydrogens is 450 g/mol. The van der Waals surface area contributed by atoms with Crippen molar-refractivity contribution in [3.05, 3.63) is 47.7 Å². The average molecular weight is 480 g/mol. The molecule has 3 aliphatic rings. The van der Waals surface area contributed by atoms with Crippen LogP contribution >= 0.6 is 0 Å². The van der Waals surface area contributed by atoms with Crippen molar-refractivity contribution in [3.8, 4) is 5.75 Å². The second kappa shape index (κ2) is 8.09. The normalized spacial score (nSPS) is 23.6. The van der Waals surface area contributed by atoms with Crippen LogP contribution in [0, 0.1) is 5.92 Å². The van der Waals surface area contributed by atoms with Crippen molar-refractivity contribution < 1.29 is 13.2 Å². The van der Waals surface area contributed by atoms with E-state index in [1.54, 1.807) is 7.11 Å². The van der Waals surface area contributed by atoms with Crippen molar-refractivity contribution in [1.82, 2.24) is 14.9 Å². The Kier molecular flexibility index (Phi) is 5.14. The minimum absolute atomic E-state index is 0.235. The number of rotatable bonds is 4. The standard InChI is InChI=1S/C25H29N5O3S/c1-29-7-5-16-10-23(33-2)22(9-19(16)13-29)28-25-26-12-17-3-4-20(11-21(17)27-25)30-14-18-6-8-34(31,32)24(18)15-30/h3-4,9-12,18,24H,5-8,13-15H2,1-2H3,(H,26,27,28). The van der Waals surface area contributed by atoms with Crippen LogP contribution in [0.2, 0.25) is 0 Å². The van der Waals surface area contributed by atoms with E-state index in [0.717, 1.165) is 60.5 Å². The van der Waals surface area contributed by atoms with Crippen molar-refractivity contribution in [2.24, 2.45) is 5.92 Å². The van der Waals surface area contributed by atoms with Crippen LogP contribution in [0.1, 0.15) is 17.5 Å². The first kappa shape index (κ1) is 21.6. The molecule has 9 heteroatoms. The number of anilines is 3. The molecular formula is C25H29N5O3S. The number of likely N-dealkylation sites (N-methyl/N-ethyl adjacent to an activating group) is 1. The first-order chi connectivity index (χ1) is 16.4. The molecule has 2 saturated heterocycles. The number of hydrogen-bond acceptors (Lipinski definition) is 8. The highest BCUT2D eigenvalue weighted by molar-refractivity contribution is 7.92. The van der Waals surface area contributed by atoms with Gasteiger partial charge in [0.05, 0.1) is 29.3 Å². The molecule has 1 aromatic heterocycles. The van der Waals surface area contributed by atoms with Crippen LogP contribution in [0.15, 0.2) is 36.5 Å². The van der Waals surface area contributed by atoms with Crippen molar-refractivity contribution >= 4 is 38.1 Å². The van der Waals surface area contributed by atoms with Gasteiger partial charge in [0.2, 0.25) is 5.95 Å². The fourth-order valence-corrected chi connectivity index (χ4v) is 7.74. The Balaban J connectivity index is 1.28. The maximum Gasteiger partial charge on any atom is 0.227 e. The quantitative estimate of drug-likeness (QED) is 0.611. The Hall–Kier alpha value is -2.91. The molecule has 0 radical (unpaired) electrons. The maximum absolute atomic E-state index is 12.3. The van der Waals surface area contributed by atoms with Gasteiger partial charge in [-0.25, -0.2) is 18.4 Å². The minimum Gasteiger partial charge on any atom is -0.495 e. The van der Waals surface area contributed by atoms with Gasteiger partial charge in [0.15, 0.2) is 9.84 Å². The number of nitrogens with one attached hydrogen (secondary N) is 1. The van der Waals surface area contributed by atoms with Crippen LogP contribution in [0.4, 0.5) is 17.3 Å². The lowest BCUT2D eigenvalue weighted by Crippen LogP contribution is -2.26. The van der Waals surface area contributed by atoms with Gasteiger partial charge in [-0.15, -0.1) is 0 Å². The highest BCUT2D eigenvalue weighted by Gasteiger charge is 2.46. The zero-order chi connectivity index (χ0) is 23.4. The van der Waals surface area contributed by atoms with E-state index in [2.05, 4.69) is 39.3 Å². The molecule has 2 atom stereocenters. The Morgan fingerprint density at radius 3 is 2.85 bits per heavy atom. The van der Waals surface area contributed by atoms with E-state index in [9.17, 15) is 8.42 Å². The molecule has 1 N–H and O–H groups in total. The SMILES string of the molecule is COc1cc2c(cc1Nc1ncc3ccc(N4CC5CCS(=O)(=O)C5C4)cc3n1)CN(C)CC2. The largest absolute Gasteiger partial charge is 0.495 e. The van der Waals surface area contributed by atoms with E-state index in [0.29, 0.717) is 18.2 Å². The Morgan fingerprint density at radius 1 is 1.15 bits per heavy atom. The first-order valence-electron chi connectivity index (χ1n) is 11.8. The van der Waals surface area contributed by atoms with Crippen LogP contribution in [-0.4, -0.2) is 68.1 Å². The number of nitrogens with zero attached hydrogens (tertiary/aromatic N) is 4. The lowest BCUT2D eigenvalue weighted by atomic mass is 9.99.